The summed E-state index contributed by atoms with van der Waals surface area (Å²) >= 11 is 3.40. The fourth-order valence-corrected chi connectivity index (χ4v) is 2.67. The summed E-state index contributed by atoms with van der Waals surface area (Å²) in [5, 5.41) is 12.8. The molecular weight excluding hydrogens is 414 g/mol. The molecule has 0 bridgehead atoms. The third kappa shape index (κ3) is 6.53. The van der Waals surface area contributed by atoms with E-state index in [-0.39, 0.29) is 19.1 Å². The van der Waals surface area contributed by atoms with Gasteiger partial charge in [-0.05, 0) is 42.8 Å². The zero-order chi connectivity index (χ0) is 19.9. The molecular formula is C20H24BrNO5. The second-order valence-corrected chi connectivity index (χ2v) is 7.31. The second-order valence-electron chi connectivity index (χ2n) is 6.39. The molecule has 0 fully saturated rings. The molecule has 6 nitrogen and oxygen atoms in total. The number of ether oxygens (including phenoxy) is 3. The number of hydrogen-bond donors (Lipinski definition) is 2. The lowest BCUT2D eigenvalue weighted by Gasteiger charge is -2.22. The molecule has 2 rings (SSSR count). The van der Waals surface area contributed by atoms with Crippen LogP contribution in [-0.4, -0.2) is 44.0 Å². The van der Waals surface area contributed by atoms with Gasteiger partial charge < -0.3 is 24.6 Å². The van der Waals surface area contributed by atoms with Crippen LogP contribution in [0, 0.1) is 0 Å². The van der Waals surface area contributed by atoms with Crippen molar-refractivity contribution in [3.8, 4) is 11.5 Å². The van der Waals surface area contributed by atoms with Crippen LogP contribution >= 0.6 is 15.9 Å². The van der Waals surface area contributed by atoms with Crippen LogP contribution in [-0.2, 0) is 11.3 Å². The average molecular weight is 438 g/mol. The number of carbonyl (C=O) groups is 1. The predicted octanol–water partition coefficient (Wildman–Crippen LogP) is 3.16. The highest BCUT2D eigenvalue weighted by molar-refractivity contribution is 9.10. The molecule has 0 spiro atoms. The van der Waals surface area contributed by atoms with Crippen LogP contribution in [0.2, 0.25) is 0 Å². The SMILES string of the molecule is COCC(C)(O)CNC(=O)c1ccc(OCc2ccc(Br)cc2)c(OC)c1. The molecule has 2 aromatic carbocycles. The third-order valence-corrected chi connectivity index (χ3v) is 4.35. The summed E-state index contributed by atoms with van der Waals surface area (Å²) < 4.78 is 17.1. The van der Waals surface area contributed by atoms with Crippen molar-refractivity contribution < 1.29 is 24.1 Å². The Bertz CT molecular complexity index is 761. The highest BCUT2D eigenvalue weighted by Crippen LogP contribution is 2.29. The minimum Gasteiger partial charge on any atom is -0.493 e. The van der Waals surface area contributed by atoms with Crippen molar-refractivity contribution >= 4 is 21.8 Å². The number of methoxy groups -OCH3 is 2. The first-order valence-electron chi connectivity index (χ1n) is 8.39. The molecule has 0 heterocycles. The Labute approximate surface area is 167 Å². The topological polar surface area (TPSA) is 77.0 Å². The van der Waals surface area contributed by atoms with Gasteiger partial charge in [-0.3, -0.25) is 4.79 Å². The molecule has 2 aromatic rings. The van der Waals surface area contributed by atoms with E-state index >= 15 is 0 Å². The van der Waals surface area contributed by atoms with Gasteiger partial charge in [0.15, 0.2) is 11.5 Å². The quantitative estimate of drug-likeness (QED) is 0.629. The Kier molecular flexibility index (Phi) is 7.65. The average Bonchev–Trinajstić information content (AvgIpc) is 2.65. The van der Waals surface area contributed by atoms with Crippen molar-refractivity contribution in [1.82, 2.24) is 5.32 Å². The first-order valence-corrected chi connectivity index (χ1v) is 9.19. The number of nitrogens with one attached hydrogen (secondary N) is 1. The molecule has 1 atom stereocenters. The van der Waals surface area contributed by atoms with Gasteiger partial charge in [-0.1, -0.05) is 28.1 Å². The molecule has 7 heteroatoms. The van der Waals surface area contributed by atoms with Crippen LogP contribution in [0.3, 0.4) is 0 Å². The maximum atomic E-state index is 12.3. The number of halogens is 1. The summed E-state index contributed by atoms with van der Waals surface area (Å²) in [6.07, 6.45) is 0. The van der Waals surface area contributed by atoms with Gasteiger partial charge in [-0.25, -0.2) is 0 Å². The molecule has 146 valence electrons. The van der Waals surface area contributed by atoms with Crippen LogP contribution in [0.1, 0.15) is 22.8 Å². The lowest BCUT2D eigenvalue weighted by atomic mass is 10.1. The Balaban J connectivity index is 2.02. The van der Waals surface area contributed by atoms with Gasteiger partial charge in [0.05, 0.1) is 13.7 Å². The summed E-state index contributed by atoms with van der Waals surface area (Å²) in [5.41, 5.74) is 0.292. The van der Waals surface area contributed by atoms with Crippen LogP contribution in [0.4, 0.5) is 0 Å². The Hall–Kier alpha value is -2.09. The molecule has 2 N–H and O–H groups in total. The van der Waals surface area contributed by atoms with E-state index in [1.165, 1.54) is 14.2 Å². The largest absolute Gasteiger partial charge is 0.493 e. The summed E-state index contributed by atoms with van der Waals surface area (Å²) in [5.74, 6) is 0.691. The van der Waals surface area contributed by atoms with E-state index in [4.69, 9.17) is 14.2 Å². The van der Waals surface area contributed by atoms with Crippen molar-refractivity contribution in [3.63, 3.8) is 0 Å². The monoisotopic (exact) mass is 437 g/mol. The number of aliphatic hydroxyl groups is 1. The highest BCUT2D eigenvalue weighted by Gasteiger charge is 2.21. The standard InChI is InChI=1S/C20H24BrNO5/c1-20(24,13-25-2)12-22-19(23)15-6-9-17(18(10-15)26-3)27-11-14-4-7-16(21)8-5-14/h4-10,24H,11-13H2,1-3H3,(H,22,23). The highest BCUT2D eigenvalue weighted by atomic mass is 79.9. The van der Waals surface area contributed by atoms with E-state index in [1.807, 2.05) is 24.3 Å². The summed E-state index contributed by atoms with van der Waals surface area (Å²) in [6.45, 7) is 2.18. The van der Waals surface area contributed by atoms with Gasteiger partial charge in [-0.2, -0.15) is 0 Å². The Morgan fingerprint density at radius 1 is 1.15 bits per heavy atom. The van der Waals surface area contributed by atoms with E-state index in [9.17, 15) is 9.90 Å². The normalized spacial score (nSPS) is 12.9. The first kappa shape index (κ1) is 21.2. The molecule has 0 saturated heterocycles. The molecule has 0 saturated carbocycles. The smallest absolute Gasteiger partial charge is 0.251 e. The maximum Gasteiger partial charge on any atom is 0.251 e. The van der Waals surface area contributed by atoms with Crippen molar-refractivity contribution in [2.75, 3.05) is 27.4 Å². The van der Waals surface area contributed by atoms with E-state index in [2.05, 4.69) is 21.2 Å². The van der Waals surface area contributed by atoms with Crippen LogP contribution in [0.15, 0.2) is 46.9 Å². The van der Waals surface area contributed by atoms with E-state index < -0.39 is 5.60 Å². The fourth-order valence-electron chi connectivity index (χ4n) is 2.40. The van der Waals surface area contributed by atoms with Gasteiger partial charge >= 0.3 is 0 Å². The molecule has 0 aliphatic carbocycles. The Morgan fingerprint density at radius 2 is 1.85 bits per heavy atom. The van der Waals surface area contributed by atoms with Crippen molar-refractivity contribution in [1.29, 1.82) is 0 Å². The van der Waals surface area contributed by atoms with Crippen LogP contribution < -0.4 is 14.8 Å². The molecule has 0 aliphatic heterocycles. The molecule has 1 amide bonds. The fraction of sp³-hybridized carbons (Fsp3) is 0.350. The minimum atomic E-state index is -1.14. The number of rotatable bonds is 9. The maximum absolute atomic E-state index is 12.3. The number of hydrogen-bond acceptors (Lipinski definition) is 5. The zero-order valence-corrected chi connectivity index (χ0v) is 17.2. The van der Waals surface area contributed by atoms with Crippen LogP contribution in [0.25, 0.3) is 0 Å². The molecule has 0 aliphatic rings. The van der Waals surface area contributed by atoms with Crippen molar-refractivity contribution in [2.45, 2.75) is 19.1 Å². The van der Waals surface area contributed by atoms with Crippen molar-refractivity contribution in [3.05, 3.63) is 58.1 Å². The van der Waals surface area contributed by atoms with Gasteiger partial charge in [0.1, 0.15) is 12.2 Å². The van der Waals surface area contributed by atoms with E-state index in [0.717, 1.165) is 10.0 Å². The zero-order valence-electron chi connectivity index (χ0n) is 15.6. The lowest BCUT2D eigenvalue weighted by molar-refractivity contribution is -0.0147. The Morgan fingerprint density at radius 3 is 2.48 bits per heavy atom. The summed E-state index contributed by atoms with van der Waals surface area (Å²) in [7, 11) is 3.01. The number of benzene rings is 2. The van der Waals surface area contributed by atoms with Crippen molar-refractivity contribution in [2.24, 2.45) is 0 Å². The lowest BCUT2D eigenvalue weighted by Crippen LogP contribution is -2.43. The van der Waals surface area contributed by atoms with Gasteiger partial charge in [0.2, 0.25) is 0 Å². The van der Waals surface area contributed by atoms with Gasteiger partial charge in [0.25, 0.3) is 5.91 Å². The van der Waals surface area contributed by atoms with Gasteiger partial charge in [0, 0.05) is 23.7 Å². The molecule has 1 unspecified atom stereocenters. The molecule has 27 heavy (non-hydrogen) atoms. The van der Waals surface area contributed by atoms with Gasteiger partial charge in [-0.15, -0.1) is 0 Å². The second kappa shape index (κ2) is 9.73. The molecule has 0 aromatic heterocycles. The number of amides is 1. The molecule has 0 radical (unpaired) electrons. The summed E-state index contributed by atoms with van der Waals surface area (Å²) in [6, 6.07) is 12.8. The minimum absolute atomic E-state index is 0.0732. The number of carbonyl (C=O) groups excluding carboxylic acids is 1. The van der Waals surface area contributed by atoms with Crippen LogP contribution in [0.5, 0.6) is 11.5 Å². The first-order chi connectivity index (χ1) is 12.8. The summed E-state index contributed by atoms with van der Waals surface area (Å²) in [4.78, 5) is 12.3. The predicted molar refractivity (Wildman–Crippen MR) is 106 cm³/mol. The van der Waals surface area contributed by atoms with E-state index in [1.54, 1.807) is 25.1 Å². The third-order valence-electron chi connectivity index (χ3n) is 3.82. The van der Waals surface area contributed by atoms with E-state index in [0.29, 0.717) is 23.7 Å².